The lowest BCUT2D eigenvalue weighted by Crippen LogP contribution is -2.29. The molecule has 1 rings (SSSR count). The quantitative estimate of drug-likeness (QED) is 0.703. The second-order valence-corrected chi connectivity index (χ2v) is 5.29. The molecule has 0 aliphatic heterocycles. The highest BCUT2D eigenvalue weighted by Crippen LogP contribution is 2.04. The largest absolute Gasteiger partial charge is 0.329 e. The van der Waals surface area contributed by atoms with Crippen LogP contribution in [0.25, 0.3) is 0 Å². The Labute approximate surface area is 81.0 Å². The molecule has 1 aromatic rings. The van der Waals surface area contributed by atoms with Crippen molar-refractivity contribution in [2.45, 2.75) is 6.54 Å². The van der Waals surface area contributed by atoms with E-state index in [0.29, 0.717) is 6.54 Å². The van der Waals surface area contributed by atoms with Crippen molar-refractivity contribution < 1.29 is 8.42 Å². The van der Waals surface area contributed by atoms with Crippen LogP contribution in [0.4, 0.5) is 0 Å². The van der Waals surface area contributed by atoms with Gasteiger partial charge >= 0.3 is 0 Å². The van der Waals surface area contributed by atoms with Gasteiger partial charge in [-0.05, 0) is 0 Å². The molecule has 74 valence electrons. The average Bonchev–Trinajstić information content (AvgIpc) is 2.52. The third-order valence-corrected chi connectivity index (χ3v) is 3.47. The summed E-state index contributed by atoms with van der Waals surface area (Å²) < 4.78 is 24.7. The number of nitrogens with one attached hydrogen (secondary N) is 1. The first kappa shape index (κ1) is 10.6. The SMILES string of the molecule is NCCS(=O)(=O)NCc1cncs1. The minimum absolute atomic E-state index is 0.0359. The van der Waals surface area contributed by atoms with Gasteiger partial charge < -0.3 is 5.73 Å². The molecule has 0 bridgehead atoms. The molecule has 0 aromatic carbocycles. The number of rotatable bonds is 5. The lowest BCUT2D eigenvalue weighted by atomic mass is 10.6. The van der Waals surface area contributed by atoms with E-state index in [1.54, 1.807) is 11.7 Å². The van der Waals surface area contributed by atoms with Gasteiger partial charge in [-0.3, -0.25) is 4.98 Å². The van der Waals surface area contributed by atoms with Gasteiger partial charge in [-0.25, -0.2) is 13.1 Å². The van der Waals surface area contributed by atoms with Crippen molar-refractivity contribution in [1.29, 1.82) is 0 Å². The van der Waals surface area contributed by atoms with E-state index < -0.39 is 10.0 Å². The van der Waals surface area contributed by atoms with E-state index in [2.05, 4.69) is 9.71 Å². The predicted molar refractivity (Wildman–Crippen MR) is 51.8 cm³/mol. The van der Waals surface area contributed by atoms with Crippen LogP contribution in [0, 0.1) is 0 Å². The summed E-state index contributed by atoms with van der Waals surface area (Å²) in [5.41, 5.74) is 6.79. The second-order valence-electron chi connectivity index (χ2n) is 2.40. The Kier molecular flexibility index (Phi) is 3.79. The van der Waals surface area contributed by atoms with Crippen LogP contribution in [0.2, 0.25) is 0 Å². The molecule has 1 aromatic heterocycles. The van der Waals surface area contributed by atoms with Gasteiger partial charge in [0.2, 0.25) is 10.0 Å². The van der Waals surface area contributed by atoms with Crippen molar-refractivity contribution in [3.05, 3.63) is 16.6 Å². The Morgan fingerprint density at radius 2 is 2.38 bits per heavy atom. The predicted octanol–water partition coefficient (Wildman–Crippen LogP) is -0.479. The smallest absolute Gasteiger partial charge is 0.213 e. The fourth-order valence-electron chi connectivity index (χ4n) is 0.738. The Morgan fingerprint density at radius 1 is 1.62 bits per heavy atom. The van der Waals surface area contributed by atoms with Crippen LogP contribution in [0.3, 0.4) is 0 Å². The maximum atomic E-state index is 11.1. The number of aromatic nitrogens is 1. The average molecular weight is 221 g/mol. The molecule has 0 radical (unpaired) electrons. The third-order valence-electron chi connectivity index (χ3n) is 1.34. The maximum absolute atomic E-state index is 11.1. The summed E-state index contributed by atoms with van der Waals surface area (Å²) in [6, 6.07) is 0. The fraction of sp³-hybridized carbons (Fsp3) is 0.500. The zero-order valence-corrected chi connectivity index (χ0v) is 8.57. The van der Waals surface area contributed by atoms with Crippen molar-refractivity contribution in [3.63, 3.8) is 0 Å². The molecule has 0 fully saturated rings. The van der Waals surface area contributed by atoms with E-state index in [4.69, 9.17) is 5.73 Å². The van der Waals surface area contributed by atoms with E-state index in [9.17, 15) is 8.42 Å². The van der Waals surface area contributed by atoms with Crippen molar-refractivity contribution in [1.82, 2.24) is 9.71 Å². The first-order chi connectivity index (χ1) is 6.14. The molecule has 0 aliphatic carbocycles. The van der Waals surface area contributed by atoms with Gasteiger partial charge in [0.25, 0.3) is 0 Å². The van der Waals surface area contributed by atoms with Gasteiger partial charge in [-0.15, -0.1) is 11.3 Å². The Hall–Kier alpha value is -0.500. The van der Waals surface area contributed by atoms with Gasteiger partial charge in [-0.2, -0.15) is 0 Å². The highest BCUT2D eigenvalue weighted by atomic mass is 32.2. The van der Waals surface area contributed by atoms with Crippen molar-refractivity contribution in [3.8, 4) is 0 Å². The van der Waals surface area contributed by atoms with Crippen molar-refractivity contribution in [2.24, 2.45) is 5.73 Å². The van der Waals surface area contributed by atoms with Gasteiger partial charge in [0.1, 0.15) is 0 Å². The van der Waals surface area contributed by atoms with Crippen LogP contribution in [0.15, 0.2) is 11.7 Å². The first-order valence-corrected chi connectivity index (χ1v) is 6.22. The van der Waals surface area contributed by atoms with E-state index in [1.807, 2.05) is 0 Å². The summed E-state index contributed by atoms with van der Waals surface area (Å²) in [7, 11) is -3.20. The van der Waals surface area contributed by atoms with Gasteiger partial charge in [0.05, 0.1) is 11.3 Å². The summed E-state index contributed by atoms with van der Waals surface area (Å²) >= 11 is 1.41. The highest BCUT2D eigenvalue weighted by Gasteiger charge is 2.08. The molecule has 0 amide bonds. The molecule has 0 saturated carbocycles. The van der Waals surface area contributed by atoms with Gasteiger partial charge in [0.15, 0.2) is 0 Å². The van der Waals surface area contributed by atoms with Crippen molar-refractivity contribution >= 4 is 21.4 Å². The molecule has 0 spiro atoms. The molecular weight excluding hydrogens is 210 g/mol. The van der Waals surface area contributed by atoms with Crippen LogP contribution in [0.5, 0.6) is 0 Å². The number of hydrogen-bond acceptors (Lipinski definition) is 5. The monoisotopic (exact) mass is 221 g/mol. The van der Waals surface area contributed by atoms with Gasteiger partial charge in [0, 0.05) is 24.2 Å². The second kappa shape index (κ2) is 4.66. The molecule has 7 heteroatoms. The van der Waals surface area contributed by atoms with Gasteiger partial charge in [-0.1, -0.05) is 0 Å². The minimum atomic E-state index is -3.20. The molecule has 3 N–H and O–H groups in total. The van der Waals surface area contributed by atoms with E-state index in [1.165, 1.54) is 11.3 Å². The lowest BCUT2D eigenvalue weighted by Gasteiger charge is -2.02. The summed E-state index contributed by atoms with van der Waals surface area (Å²) in [5, 5.41) is 0. The van der Waals surface area contributed by atoms with Crippen molar-refractivity contribution in [2.75, 3.05) is 12.3 Å². The number of thiazole rings is 1. The fourth-order valence-corrected chi connectivity index (χ4v) is 2.19. The Bertz CT molecular complexity index is 333. The summed E-state index contributed by atoms with van der Waals surface area (Å²) in [6.45, 7) is 0.436. The maximum Gasteiger partial charge on any atom is 0.213 e. The molecule has 0 saturated heterocycles. The number of hydrogen-bond donors (Lipinski definition) is 2. The standard InChI is InChI=1S/C6H11N3O2S2/c7-1-2-13(10,11)9-4-6-3-8-5-12-6/h3,5,9H,1-2,4,7H2. The zero-order chi connectivity index (χ0) is 9.73. The summed E-state index contributed by atoms with van der Waals surface area (Å²) in [6.07, 6.45) is 1.63. The minimum Gasteiger partial charge on any atom is -0.329 e. The van der Waals surface area contributed by atoms with Crippen LogP contribution >= 0.6 is 11.3 Å². The van der Waals surface area contributed by atoms with E-state index >= 15 is 0 Å². The normalized spacial score (nSPS) is 11.8. The summed E-state index contributed by atoms with van der Waals surface area (Å²) in [4.78, 5) is 4.72. The van der Waals surface area contributed by atoms with E-state index in [0.717, 1.165) is 4.88 Å². The third kappa shape index (κ3) is 3.81. The molecule has 5 nitrogen and oxygen atoms in total. The first-order valence-electron chi connectivity index (χ1n) is 3.69. The summed E-state index contributed by atoms with van der Waals surface area (Å²) in [5.74, 6) is -0.0359. The Balaban J connectivity index is 2.43. The topological polar surface area (TPSA) is 85.1 Å². The molecule has 0 aliphatic rings. The van der Waals surface area contributed by atoms with Crippen LogP contribution in [-0.4, -0.2) is 25.7 Å². The number of nitrogens with zero attached hydrogens (tertiary/aromatic N) is 1. The Morgan fingerprint density at radius 3 is 2.92 bits per heavy atom. The number of nitrogens with two attached hydrogens (primary N) is 1. The zero-order valence-electron chi connectivity index (χ0n) is 6.93. The molecular formula is C6H11N3O2S2. The molecule has 13 heavy (non-hydrogen) atoms. The van der Waals surface area contributed by atoms with Crippen LogP contribution in [0.1, 0.15) is 4.88 Å². The molecule has 0 unspecified atom stereocenters. The highest BCUT2D eigenvalue weighted by molar-refractivity contribution is 7.89. The van der Waals surface area contributed by atoms with Crippen LogP contribution < -0.4 is 10.5 Å². The van der Waals surface area contributed by atoms with E-state index in [-0.39, 0.29) is 12.3 Å². The molecule has 1 heterocycles. The molecule has 0 atom stereocenters. The lowest BCUT2D eigenvalue weighted by molar-refractivity contribution is 0.581. The van der Waals surface area contributed by atoms with Crippen LogP contribution in [-0.2, 0) is 16.6 Å². The number of sulfonamides is 1.